The monoisotopic (exact) mass is 290 g/mol. The number of rotatable bonds is 4. The molecular formula is C15H22N4O2. The van der Waals surface area contributed by atoms with Crippen molar-refractivity contribution >= 4 is 5.97 Å². The molecule has 0 radical (unpaired) electrons. The molecule has 6 nitrogen and oxygen atoms in total. The molecule has 1 aromatic rings. The lowest BCUT2D eigenvalue weighted by atomic mass is 10.1. The van der Waals surface area contributed by atoms with Crippen LogP contribution in [0.1, 0.15) is 41.7 Å². The lowest BCUT2D eigenvalue weighted by Gasteiger charge is -2.32. The maximum Gasteiger partial charge on any atom is 0.339 e. The molecule has 0 bridgehead atoms. The van der Waals surface area contributed by atoms with Gasteiger partial charge in [0.15, 0.2) is 0 Å². The van der Waals surface area contributed by atoms with Gasteiger partial charge in [0, 0.05) is 31.9 Å². The van der Waals surface area contributed by atoms with Gasteiger partial charge < -0.3 is 5.11 Å². The Kier molecular flexibility index (Phi) is 4.45. The van der Waals surface area contributed by atoms with E-state index in [0.29, 0.717) is 18.3 Å². The van der Waals surface area contributed by atoms with Crippen LogP contribution in [0, 0.1) is 0 Å². The van der Waals surface area contributed by atoms with Crippen LogP contribution in [0.4, 0.5) is 0 Å². The Hall–Kier alpha value is -1.53. The molecule has 3 heterocycles. The smallest absolute Gasteiger partial charge is 0.339 e. The lowest BCUT2D eigenvalue weighted by Crippen LogP contribution is -2.40. The van der Waals surface area contributed by atoms with Crippen LogP contribution in [-0.2, 0) is 6.54 Å². The molecule has 0 aromatic carbocycles. The van der Waals surface area contributed by atoms with Crippen molar-refractivity contribution in [3.05, 3.63) is 23.8 Å². The Morgan fingerprint density at radius 2 is 2.10 bits per heavy atom. The van der Waals surface area contributed by atoms with Crippen molar-refractivity contribution in [1.82, 2.24) is 19.8 Å². The van der Waals surface area contributed by atoms with Gasteiger partial charge in [-0.3, -0.25) is 9.80 Å². The summed E-state index contributed by atoms with van der Waals surface area (Å²) >= 11 is 0. The zero-order valence-corrected chi connectivity index (χ0v) is 12.2. The second-order valence-electron chi connectivity index (χ2n) is 5.96. The largest absolute Gasteiger partial charge is 0.478 e. The molecule has 1 unspecified atom stereocenters. The minimum absolute atomic E-state index is 0.221. The highest BCUT2D eigenvalue weighted by Crippen LogP contribution is 2.21. The highest BCUT2D eigenvalue weighted by Gasteiger charge is 2.29. The number of nitrogens with zero attached hydrogens (tertiary/aromatic N) is 4. The van der Waals surface area contributed by atoms with E-state index in [-0.39, 0.29) is 5.56 Å². The van der Waals surface area contributed by atoms with E-state index in [4.69, 9.17) is 0 Å². The summed E-state index contributed by atoms with van der Waals surface area (Å²) in [7, 11) is 0. The first-order chi connectivity index (χ1) is 10.2. The predicted octanol–water partition coefficient (Wildman–Crippen LogP) is 1.23. The number of likely N-dealkylation sites (tertiary alicyclic amines) is 2. The Morgan fingerprint density at radius 1 is 1.29 bits per heavy atom. The van der Waals surface area contributed by atoms with Gasteiger partial charge in [-0.15, -0.1) is 0 Å². The molecule has 2 aliphatic heterocycles. The number of hydrogen-bond donors (Lipinski definition) is 1. The van der Waals surface area contributed by atoms with Crippen LogP contribution < -0.4 is 0 Å². The molecule has 0 spiro atoms. The van der Waals surface area contributed by atoms with Gasteiger partial charge in [0.1, 0.15) is 11.9 Å². The SMILES string of the molecule is O=C(O)c1cncnc1CN1CCC(N2CCCCC2)C1. The van der Waals surface area contributed by atoms with Crippen LogP contribution in [0.5, 0.6) is 0 Å². The Bertz CT molecular complexity index is 502. The van der Waals surface area contributed by atoms with Gasteiger partial charge in [-0.1, -0.05) is 6.42 Å². The zero-order valence-electron chi connectivity index (χ0n) is 12.2. The molecule has 6 heteroatoms. The first kappa shape index (κ1) is 14.4. The Balaban J connectivity index is 1.61. The van der Waals surface area contributed by atoms with Crippen molar-refractivity contribution in [2.24, 2.45) is 0 Å². The average Bonchev–Trinajstić information content (AvgIpc) is 2.97. The third-order valence-corrected chi connectivity index (χ3v) is 4.55. The van der Waals surface area contributed by atoms with E-state index in [0.717, 1.165) is 13.1 Å². The number of carbonyl (C=O) groups is 1. The number of piperidine rings is 1. The van der Waals surface area contributed by atoms with E-state index in [2.05, 4.69) is 19.8 Å². The molecular weight excluding hydrogens is 268 g/mol. The van der Waals surface area contributed by atoms with Gasteiger partial charge in [-0.25, -0.2) is 14.8 Å². The van der Waals surface area contributed by atoms with E-state index < -0.39 is 5.97 Å². The molecule has 1 N–H and O–H groups in total. The van der Waals surface area contributed by atoms with Crippen LogP contribution in [0.25, 0.3) is 0 Å². The van der Waals surface area contributed by atoms with Crippen LogP contribution in [0.3, 0.4) is 0 Å². The topological polar surface area (TPSA) is 69.6 Å². The minimum atomic E-state index is -0.947. The van der Waals surface area contributed by atoms with Crippen molar-refractivity contribution in [2.75, 3.05) is 26.2 Å². The van der Waals surface area contributed by atoms with Gasteiger partial charge in [0.05, 0.1) is 5.69 Å². The summed E-state index contributed by atoms with van der Waals surface area (Å²) < 4.78 is 0. The van der Waals surface area contributed by atoms with Crippen LogP contribution in [0.15, 0.2) is 12.5 Å². The fourth-order valence-corrected chi connectivity index (χ4v) is 3.41. The van der Waals surface area contributed by atoms with Crippen LogP contribution in [0.2, 0.25) is 0 Å². The molecule has 2 saturated heterocycles. The summed E-state index contributed by atoms with van der Waals surface area (Å²) in [4.78, 5) is 24.1. The van der Waals surface area contributed by atoms with Crippen molar-refractivity contribution in [3.8, 4) is 0 Å². The molecule has 21 heavy (non-hydrogen) atoms. The maximum atomic E-state index is 11.2. The number of carboxylic acid groups (broad SMARTS) is 1. The standard InChI is InChI=1S/C15H22N4O2/c20-15(21)13-8-16-11-17-14(13)10-18-7-4-12(9-18)19-5-2-1-3-6-19/h8,11-12H,1-7,9-10H2,(H,20,21). The quantitative estimate of drug-likeness (QED) is 0.899. The molecule has 0 aliphatic carbocycles. The van der Waals surface area contributed by atoms with E-state index in [1.165, 1.54) is 51.3 Å². The summed E-state index contributed by atoms with van der Waals surface area (Å²) in [6.07, 6.45) is 7.98. The van der Waals surface area contributed by atoms with Crippen molar-refractivity contribution in [2.45, 2.75) is 38.3 Å². The molecule has 1 atom stereocenters. The van der Waals surface area contributed by atoms with Crippen LogP contribution >= 0.6 is 0 Å². The van der Waals surface area contributed by atoms with E-state index in [1.54, 1.807) is 0 Å². The first-order valence-electron chi connectivity index (χ1n) is 7.72. The van der Waals surface area contributed by atoms with Gasteiger partial charge in [0.25, 0.3) is 0 Å². The van der Waals surface area contributed by atoms with Gasteiger partial charge in [-0.2, -0.15) is 0 Å². The second-order valence-corrected chi connectivity index (χ2v) is 5.96. The Morgan fingerprint density at radius 3 is 2.86 bits per heavy atom. The van der Waals surface area contributed by atoms with Gasteiger partial charge in [0.2, 0.25) is 0 Å². The third kappa shape index (κ3) is 3.39. The Labute approximate surface area is 124 Å². The van der Waals surface area contributed by atoms with E-state index in [1.807, 2.05) is 0 Å². The summed E-state index contributed by atoms with van der Waals surface area (Å²) in [5, 5.41) is 9.19. The molecule has 3 rings (SSSR count). The summed E-state index contributed by atoms with van der Waals surface area (Å²) in [6, 6.07) is 0.625. The summed E-state index contributed by atoms with van der Waals surface area (Å²) in [5.74, 6) is -0.947. The second kappa shape index (κ2) is 6.49. The molecule has 0 saturated carbocycles. The number of aromatic carboxylic acids is 1. The highest BCUT2D eigenvalue weighted by molar-refractivity contribution is 5.88. The van der Waals surface area contributed by atoms with Gasteiger partial charge in [-0.05, 0) is 32.4 Å². The normalized spacial score (nSPS) is 24.3. The minimum Gasteiger partial charge on any atom is -0.478 e. The maximum absolute atomic E-state index is 11.2. The van der Waals surface area contributed by atoms with E-state index >= 15 is 0 Å². The van der Waals surface area contributed by atoms with Crippen molar-refractivity contribution in [1.29, 1.82) is 0 Å². The van der Waals surface area contributed by atoms with Crippen LogP contribution in [-0.4, -0.2) is 63.1 Å². The average molecular weight is 290 g/mol. The summed E-state index contributed by atoms with van der Waals surface area (Å²) in [6.45, 7) is 5.07. The molecule has 2 aliphatic rings. The predicted molar refractivity (Wildman–Crippen MR) is 78.1 cm³/mol. The molecule has 2 fully saturated rings. The molecule has 0 amide bonds. The number of carboxylic acids is 1. The first-order valence-corrected chi connectivity index (χ1v) is 7.72. The fraction of sp³-hybridized carbons (Fsp3) is 0.667. The number of aromatic nitrogens is 2. The summed E-state index contributed by atoms with van der Waals surface area (Å²) in [5.41, 5.74) is 0.843. The van der Waals surface area contributed by atoms with E-state index in [9.17, 15) is 9.90 Å². The zero-order chi connectivity index (χ0) is 14.7. The fourth-order valence-electron chi connectivity index (χ4n) is 3.41. The third-order valence-electron chi connectivity index (χ3n) is 4.55. The van der Waals surface area contributed by atoms with Crippen molar-refractivity contribution < 1.29 is 9.90 Å². The molecule has 1 aromatic heterocycles. The highest BCUT2D eigenvalue weighted by atomic mass is 16.4. The number of hydrogen-bond acceptors (Lipinski definition) is 5. The molecule has 114 valence electrons. The van der Waals surface area contributed by atoms with Crippen molar-refractivity contribution in [3.63, 3.8) is 0 Å². The van der Waals surface area contributed by atoms with Gasteiger partial charge >= 0.3 is 5.97 Å². The lowest BCUT2D eigenvalue weighted by molar-refractivity contribution is 0.0693.